The van der Waals surface area contributed by atoms with Crippen molar-refractivity contribution < 1.29 is 9.26 Å². The fourth-order valence-electron chi connectivity index (χ4n) is 5.32. The molecule has 0 unspecified atom stereocenters. The van der Waals surface area contributed by atoms with E-state index >= 15 is 0 Å². The van der Waals surface area contributed by atoms with Gasteiger partial charge in [-0.2, -0.15) is 0 Å². The molecule has 0 spiro atoms. The molecule has 5 rings (SSSR count). The predicted molar refractivity (Wildman–Crippen MR) is 147 cm³/mol. The number of aromatic amines is 1. The molecule has 38 heavy (non-hydrogen) atoms. The van der Waals surface area contributed by atoms with Gasteiger partial charge in [-0.15, -0.1) is 0 Å². The number of imidazole rings is 1. The molecule has 0 bridgehead atoms. The van der Waals surface area contributed by atoms with Gasteiger partial charge in [0.2, 0.25) is 11.8 Å². The Bertz CT molecular complexity index is 1440. The number of methoxy groups -OCH3 is 1. The maximum atomic E-state index is 11.7. The summed E-state index contributed by atoms with van der Waals surface area (Å²) in [5.74, 6) is 1.81. The molecule has 0 aliphatic heterocycles. The molecule has 0 saturated heterocycles. The maximum absolute atomic E-state index is 11.7. The number of hydrogen-bond acceptors (Lipinski definition) is 8. The molecular formula is C27H34ClN7O3. The number of anilines is 1. The number of pyridine rings is 2. The van der Waals surface area contributed by atoms with Gasteiger partial charge in [0.25, 0.3) is 0 Å². The summed E-state index contributed by atoms with van der Waals surface area (Å²) in [5.41, 5.74) is 3.57. The molecule has 1 N–H and O–H groups in total. The number of hydrogen-bond donors (Lipinski definition) is 1. The molecule has 0 amide bonds. The van der Waals surface area contributed by atoms with Gasteiger partial charge in [-0.25, -0.2) is 14.8 Å². The number of nitrogens with one attached hydrogen (secondary N) is 1. The maximum Gasteiger partial charge on any atom is 0.439 e. The summed E-state index contributed by atoms with van der Waals surface area (Å²) in [6.07, 6.45) is 9.17. The molecule has 0 atom stereocenters. The van der Waals surface area contributed by atoms with Crippen LogP contribution >= 0.6 is 11.6 Å². The molecule has 0 aromatic carbocycles. The van der Waals surface area contributed by atoms with Crippen LogP contribution in [0.15, 0.2) is 33.8 Å². The highest BCUT2D eigenvalue weighted by atomic mass is 35.5. The van der Waals surface area contributed by atoms with Crippen LogP contribution in [0.4, 0.5) is 5.95 Å². The molecule has 1 aliphatic carbocycles. The van der Waals surface area contributed by atoms with Crippen molar-refractivity contribution in [3.63, 3.8) is 0 Å². The molecule has 1 saturated carbocycles. The standard InChI is InChI=1S/C27H34ClN7O3/c1-4-9-34(10-11-37-3)26-31-21-13-22(25-32-27(36)38-33-25)30-23(19-12-20(28)15-29-14-19)24(21)35(26)16-18-7-5-17(2)6-8-18/h12-15,17-18H,4-11,16H2,1-3H3,(H,32,33,36). The Balaban J connectivity index is 1.73. The van der Waals surface area contributed by atoms with E-state index in [9.17, 15) is 4.79 Å². The molecule has 202 valence electrons. The highest BCUT2D eigenvalue weighted by Gasteiger charge is 2.26. The van der Waals surface area contributed by atoms with E-state index in [2.05, 4.69) is 38.4 Å². The van der Waals surface area contributed by atoms with Gasteiger partial charge >= 0.3 is 5.76 Å². The number of H-pyrrole nitrogens is 1. The van der Waals surface area contributed by atoms with Crippen molar-refractivity contribution in [2.75, 3.05) is 31.7 Å². The number of nitrogens with zero attached hydrogens (tertiary/aromatic N) is 6. The van der Waals surface area contributed by atoms with Crippen LogP contribution in [0.25, 0.3) is 33.8 Å². The SMILES string of the molecule is CCCN(CCOC)c1nc2cc(-c3noc(=O)[nH]3)nc(-c3cncc(Cl)c3)c2n1CC1CCC(C)CC1. The topological polar surface area (TPSA) is 115 Å². The van der Waals surface area contributed by atoms with Crippen LogP contribution < -0.4 is 10.7 Å². The summed E-state index contributed by atoms with van der Waals surface area (Å²) in [7, 11) is 1.72. The average Bonchev–Trinajstić information content (AvgIpc) is 3.51. The largest absolute Gasteiger partial charge is 0.439 e. The summed E-state index contributed by atoms with van der Waals surface area (Å²) in [6.45, 7) is 7.51. The quantitative estimate of drug-likeness (QED) is 0.293. The van der Waals surface area contributed by atoms with E-state index in [1.165, 1.54) is 25.7 Å². The van der Waals surface area contributed by atoms with E-state index < -0.39 is 5.76 Å². The second-order valence-electron chi connectivity index (χ2n) is 10.2. The Morgan fingerprint density at radius 1 is 1.18 bits per heavy atom. The molecule has 10 nitrogen and oxygen atoms in total. The van der Waals surface area contributed by atoms with E-state index in [0.29, 0.717) is 28.9 Å². The fourth-order valence-corrected chi connectivity index (χ4v) is 5.49. The molecule has 1 aliphatic rings. The molecule has 4 aromatic heterocycles. The van der Waals surface area contributed by atoms with Crippen LogP contribution in [0.2, 0.25) is 5.02 Å². The van der Waals surface area contributed by atoms with Crippen molar-refractivity contribution in [2.45, 2.75) is 52.5 Å². The van der Waals surface area contributed by atoms with Crippen LogP contribution in [0.3, 0.4) is 0 Å². The lowest BCUT2D eigenvalue weighted by molar-refractivity contribution is 0.204. The van der Waals surface area contributed by atoms with E-state index in [-0.39, 0.29) is 5.82 Å². The van der Waals surface area contributed by atoms with Gasteiger partial charge in [-0.05, 0) is 43.2 Å². The van der Waals surface area contributed by atoms with Crippen LogP contribution in [0.5, 0.6) is 0 Å². The first kappa shape index (κ1) is 26.4. The smallest absolute Gasteiger partial charge is 0.383 e. The Labute approximate surface area is 226 Å². The van der Waals surface area contributed by atoms with Crippen molar-refractivity contribution in [1.82, 2.24) is 29.7 Å². The summed E-state index contributed by atoms with van der Waals surface area (Å²) >= 11 is 6.36. The minimum Gasteiger partial charge on any atom is -0.383 e. The van der Waals surface area contributed by atoms with Crippen molar-refractivity contribution in [2.24, 2.45) is 11.8 Å². The second kappa shape index (κ2) is 11.7. The lowest BCUT2D eigenvalue weighted by Crippen LogP contribution is -2.31. The Kier molecular flexibility index (Phi) is 8.09. The third kappa shape index (κ3) is 5.61. The first-order chi connectivity index (χ1) is 18.5. The number of halogens is 1. The van der Waals surface area contributed by atoms with Gasteiger partial charge in [0.1, 0.15) is 5.69 Å². The van der Waals surface area contributed by atoms with Crippen molar-refractivity contribution in [1.29, 1.82) is 0 Å². The number of ether oxygens (including phenoxy) is 1. The normalized spacial score (nSPS) is 17.8. The number of aromatic nitrogens is 6. The highest BCUT2D eigenvalue weighted by Crippen LogP contribution is 2.37. The van der Waals surface area contributed by atoms with Crippen molar-refractivity contribution in [3.05, 3.63) is 40.1 Å². The van der Waals surface area contributed by atoms with E-state index in [4.69, 9.17) is 30.8 Å². The van der Waals surface area contributed by atoms with Crippen LogP contribution in [-0.4, -0.2) is 56.5 Å². The number of rotatable bonds is 10. The van der Waals surface area contributed by atoms with Gasteiger partial charge in [0.15, 0.2) is 0 Å². The Hall–Kier alpha value is -3.24. The predicted octanol–water partition coefficient (Wildman–Crippen LogP) is 5.18. The summed E-state index contributed by atoms with van der Waals surface area (Å²) in [4.78, 5) is 31.0. The summed E-state index contributed by atoms with van der Waals surface area (Å²) in [5, 5.41) is 4.38. The first-order valence-corrected chi connectivity index (χ1v) is 13.7. The molecular weight excluding hydrogens is 506 g/mol. The Morgan fingerprint density at radius 2 is 2.00 bits per heavy atom. The third-order valence-corrected chi connectivity index (χ3v) is 7.49. The zero-order valence-corrected chi connectivity index (χ0v) is 22.9. The van der Waals surface area contributed by atoms with Gasteiger partial charge in [0, 0.05) is 44.7 Å². The highest BCUT2D eigenvalue weighted by molar-refractivity contribution is 6.30. The average molecular weight is 540 g/mol. The summed E-state index contributed by atoms with van der Waals surface area (Å²) in [6, 6.07) is 3.70. The molecule has 0 radical (unpaired) electrons. The van der Waals surface area contributed by atoms with E-state index in [1.54, 1.807) is 19.5 Å². The minimum absolute atomic E-state index is 0.246. The number of fused-ring (bicyclic) bond motifs is 1. The molecule has 4 aromatic rings. The van der Waals surface area contributed by atoms with Crippen molar-refractivity contribution in [3.8, 4) is 22.8 Å². The molecule has 1 fully saturated rings. The monoisotopic (exact) mass is 539 g/mol. The lowest BCUT2D eigenvalue weighted by Gasteiger charge is -2.29. The zero-order chi connectivity index (χ0) is 26.6. The van der Waals surface area contributed by atoms with Gasteiger partial charge in [-0.1, -0.05) is 43.4 Å². The van der Waals surface area contributed by atoms with Gasteiger partial charge in [-0.3, -0.25) is 14.5 Å². The lowest BCUT2D eigenvalue weighted by atomic mass is 9.83. The van der Waals surface area contributed by atoms with Crippen molar-refractivity contribution >= 4 is 28.6 Å². The molecule has 4 heterocycles. The third-order valence-electron chi connectivity index (χ3n) is 7.28. The van der Waals surface area contributed by atoms with Gasteiger partial charge in [0.05, 0.1) is 28.4 Å². The Morgan fingerprint density at radius 3 is 2.68 bits per heavy atom. The zero-order valence-electron chi connectivity index (χ0n) is 22.1. The van der Waals surface area contributed by atoms with Crippen LogP contribution in [-0.2, 0) is 11.3 Å². The fraction of sp³-hybridized carbons (Fsp3) is 0.519. The van der Waals surface area contributed by atoms with Crippen LogP contribution in [0, 0.1) is 11.8 Å². The van der Waals surface area contributed by atoms with Gasteiger partial charge < -0.3 is 14.2 Å². The van der Waals surface area contributed by atoms with E-state index in [1.807, 2.05) is 12.1 Å². The van der Waals surface area contributed by atoms with Crippen LogP contribution in [0.1, 0.15) is 46.0 Å². The molecule has 11 heteroatoms. The van der Waals surface area contributed by atoms with E-state index in [0.717, 1.165) is 54.5 Å². The summed E-state index contributed by atoms with van der Waals surface area (Å²) < 4.78 is 12.5. The first-order valence-electron chi connectivity index (χ1n) is 13.3. The second-order valence-corrected chi connectivity index (χ2v) is 10.6. The minimum atomic E-state index is -0.640.